The standard InChI is InChI=1S/C11H11N3O2/c15-10-3-1-8(2-4-10)13-11(16)7-9-5-6-12-14-9/h1-6,15H,7H2,(H,12,14)(H,13,16). The van der Waals surface area contributed by atoms with Crippen molar-refractivity contribution >= 4 is 11.6 Å². The number of phenols is 1. The van der Waals surface area contributed by atoms with E-state index in [2.05, 4.69) is 15.5 Å². The first kappa shape index (κ1) is 10.2. The van der Waals surface area contributed by atoms with Gasteiger partial charge in [0.15, 0.2) is 0 Å². The average molecular weight is 217 g/mol. The second-order valence-corrected chi connectivity index (χ2v) is 3.35. The summed E-state index contributed by atoms with van der Waals surface area (Å²) in [5, 5.41) is 18.2. The molecule has 16 heavy (non-hydrogen) atoms. The van der Waals surface area contributed by atoms with Crippen molar-refractivity contribution in [1.82, 2.24) is 10.2 Å². The van der Waals surface area contributed by atoms with Gasteiger partial charge in [-0.2, -0.15) is 5.10 Å². The fourth-order valence-corrected chi connectivity index (χ4v) is 1.31. The molecule has 0 aliphatic heterocycles. The number of hydrogen-bond donors (Lipinski definition) is 3. The Morgan fingerprint density at radius 1 is 1.31 bits per heavy atom. The molecular weight excluding hydrogens is 206 g/mol. The number of phenolic OH excluding ortho intramolecular Hbond substituents is 1. The Morgan fingerprint density at radius 2 is 2.06 bits per heavy atom. The number of aromatic amines is 1. The van der Waals surface area contributed by atoms with Crippen molar-refractivity contribution in [2.45, 2.75) is 6.42 Å². The highest BCUT2D eigenvalue weighted by molar-refractivity contribution is 5.92. The molecule has 0 atom stereocenters. The second-order valence-electron chi connectivity index (χ2n) is 3.35. The van der Waals surface area contributed by atoms with Crippen LogP contribution in [-0.4, -0.2) is 21.2 Å². The van der Waals surface area contributed by atoms with Crippen molar-refractivity contribution in [2.24, 2.45) is 0 Å². The van der Waals surface area contributed by atoms with Gasteiger partial charge in [0, 0.05) is 17.6 Å². The summed E-state index contributed by atoms with van der Waals surface area (Å²) in [4.78, 5) is 11.5. The third-order valence-corrected chi connectivity index (χ3v) is 2.06. The van der Waals surface area contributed by atoms with Gasteiger partial charge in [-0.05, 0) is 30.3 Å². The number of hydrogen-bond acceptors (Lipinski definition) is 3. The number of rotatable bonds is 3. The molecule has 1 aromatic heterocycles. The van der Waals surface area contributed by atoms with Crippen molar-refractivity contribution in [3.63, 3.8) is 0 Å². The lowest BCUT2D eigenvalue weighted by atomic mass is 10.2. The van der Waals surface area contributed by atoms with Crippen LogP contribution in [0.15, 0.2) is 36.5 Å². The normalized spacial score (nSPS) is 10.0. The zero-order chi connectivity index (χ0) is 11.4. The van der Waals surface area contributed by atoms with E-state index >= 15 is 0 Å². The first-order chi connectivity index (χ1) is 7.74. The summed E-state index contributed by atoms with van der Waals surface area (Å²) in [5.74, 6) is 0.0431. The Kier molecular flexibility index (Phi) is 2.86. The Morgan fingerprint density at radius 3 is 2.69 bits per heavy atom. The number of aromatic nitrogens is 2. The van der Waals surface area contributed by atoms with Gasteiger partial charge < -0.3 is 10.4 Å². The molecule has 0 aliphatic rings. The van der Waals surface area contributed by atoms with E-state index in [4.69, 9.17) is 5.11 Å². The smallest absolute Gasteiger partial charge is 0.230 e. The van der Waals surface area contributed by atoms with Crippen LogP contribution in [0, 0.1) is 0 Å². The summed E-state index contributed by atoms with van der Waals surface area (Å²) in [6.07, 6.45) is 1.85. The number of nitrogens with one attached hydrogen (secondary N) is 2. The molecule has 0 radical (unpaired) electrons. The Bertz CT molecular complexity index is 462. The molecule has 5 nitrogen and oxygen atoms in total. The first-order valence-corrected chi connectivity index (χ1v) is 4.81. The van der Waals surface area contributed by atoms with Crippen LogP contribution in [0.5, 0.6) is 5.75 Å². The summed E-state index contributed by atoms with van der Waals surface area (Å²) >= 11 is 0. The van der Waals surface area contributed by atoms with Gasteiger partial charge in [0.25, 0.3) is 0 Å². The average Bonchev–Trinajstić information content (AvgIpc) is 2.74. The maximum atomic E-state index is 11.5. The number of H-pyrrole nitrogens is 1. The van der Waals surface area contributed by atoms with Gasteiger partial charge in [0.2, 0.25) is 5.91 Å². The maximum absolute atomic E-state index is 11.5. The second kappa shape index (κ2) is 4.48. The van der Waals surface area contributed by atoms with E-state index in [1.807, 2.05) is 0 Å². The van der Waals surface area contributed by atoms with Crippen LogP contribution in [0.3, 0.4) is 0 Å². The highest BCUT2D eigenvalue weighted by Gasteiger charge is 2.04. The molecule has 1 aromatic carbocycles. The molecule has 1 amide bonds. The summed E-state index contributed by atoms with van der Waals surface area (Å²) in [6, 6.07) is 8.06. The van der Waals surface area contributed by atoms with Crippen LogP contribution in [-0.2, 0) is 11.2 Å². The number of aromatic hydroxyl groups is 1. The third kappa shape index (κ3) is 2.60. The van der Waals surface area contributed by atoms with E-state index in [-0.39, 0.29) is 18.1 Å². The molecule has 2 aromatic rings. The van der Waals surface area contributed by atoms with Gasteiger partial charge in [-0.25, -0.2) is 0 Å². The van der Waals surface area contributed by atoms with Crippen LogP contribution in [0.1, 0.15) is 5.69 Å². The number of benzene rings is 1. The zero-order valence-corrected chi connectivity index (χ0v) is 8.47. The summed E-state index contributed by atoms with van der Waals surface area (Å²) in [6.45, 7) is 0. The van der Waals surface area contributed by atoms with Gasteiger partial charge in [-0.3, -0.25) is 9.89 Å². The van der Waals surface area contributed by atoms with E-state index in [0.717, 1.165) is 5.69 Å². The number of carbonyl (C=O) groups excluding carboxylic acids is 1. The highest BCUT2D eigenvalue weighted by atomic mass is 16.3. The van der Waals surface area contributed by atoms with E-state index < -0.39 is 0 Å². The molecule has 0 spiro atoms. The Labute approximate surface area is 92.1 Å². The summed E-state index contributed by atoms with van der Waals surface area (Å²) in [5.41, 5.74) is 1.42. The highest BCUT2D eigenvalue weighted by Crippen LogP contribution is 2.13. The van der Waals surface area contributed by atoms with E-state index in [1.165, 1.54) is 12.1 Å². The SMILES string of the molecule is O=C(Cc1ccn[nH]1)Nc1ccc(O)cc1. The molecular formula is C11H11N3O2. The van der Waals surface area contributed by atoms with Crippen molar-refractivity contribution in [3.05, 3.63) is 42.2 Å². The van der Waals surface area contributed by atoms with E-state index in [1.54, 1.807) is 24.4 Å². The predicted octanol–water partition coefficient (Wildman–Crippen LogP) is 1.30. The molecule has 0 bridgehead atoms. The molecule has 1 heterocycles. The Balaban J connectivity index is 1.95. The lowest BCUT2D eigenvalue weighted by Gasteiger charge is -2.03. The fraction of sp³-hybridized carbons (Fsp3) is 0.0909. The van der Waals surface area contributed by atoms with Crippen molar-refractivity contribution in [3.8, 4) is 5.75 Å². The van der Waals surface area contributed by atoms with Gasteiger partial charge in [-0.15, -0.1) is 0 Å². The van der Waals surface area contributed by atoms with Gasteiger partial charge >= 0.3 is 0 Å². The topological polar surface area (TPSA) is 78.0 Å². The fourth-order valence-electron chi connectivity index (χ4n) is 1.31. The van der Waals surface area contributed by atoms with Crippen molar-refractivity contribution in [1.29, 1.82) is 0 Å². The monoisotopic (exact) mass is 217 g/mol. The molecule has 3 N–H and O–H groups in total. The third-order valence-electron chi connectivity index (χ3n) is 2.06. The molecule has 5 heteroatoms. The minimum atomic E-state index is -0.130. The lowest BCUT2D eigenvalue weighted by Crippen LogP contribution is -2.14. The van der Waals surface area contributed by atoms with Crippen LogP contribution in [0.4, 0.5) is 5.69 Å². The predicted molar refractivity (Wildman–Crippen MR) is 59.0 cm³/mol. The molecule has 82 valence electrons. The number of amides is 1. The van der Waals surface area contributed by atoms with E-state index in [0.29, 0.717) is 5.69 Å². The molecule has 0 fully saturated rings. The minimum absolute atomic E-state index is 0.130. The quantitative estimate of drug-likeness (QED) is 0.678. The van der Waals surface area contributed by atoms with Gasteiger partial charge in [-0.1, -0.05) is 0 Å². The largest absolute Gasteiger partial charge is 0.508 e. The minimum Gasteiger partial charge on any atom is -0.508 e. The van der Waals surface area contributed by atoms with Gasteiger partial charge in [0.05, 0.1) is 6.42 Å². The molecule has 0 saturated heterocycles. The van der Waals surface area contributed by atoms with Crippen molar-refractivity contribution < 1.29 is 9.90 Å². The molecule has 2 rings (SSSR count). The molecule has 0 unspecified atom stereocenters. The van der Waals surface area contributed by atoms with Gasteiger partial charge in [0.1, 0.15) is 5.75 Å². The van der Waals surface area contributed by atoms with Crippen LogP contribution < -0.4 is 5.32 Å². The summed E-state index contributed by atoms with van der Waals surface area (Å²) in [7, 11) is 0. The van der Waals surface area contributed by atoms with Crippen LogP contribution in [0.2, 0.25) is 0 Å². The zero-order valence-electron chi connectivity index (χ0n) is 8.47. The van der Waals surface area contributed by atoms with E-state index in [9.17, 15) is 4.79 Å². The number of carbonyl (C=O) groups is 1. The lowest BCUT2D eigenvalue weighted by molar-refractivity contribution is -0.115. The Hall–Kier alpha value is -2.30. The number of nitrogens with zero attached hydrogens (tertiary/aromatic N) is 1. The molecule has 0 aliphatic carbocycles. The maximum Gasteiger partial charge on any atom is 0.230 e. The number of anilines is 1. The van der Waals surface area contributed by atoms with Crippen LogP contribution >= 0.6 is 0 Å². The van der Waals surface area contributed by atoms with Crippen molar-refractivity contribution in [2.75, 3.05) is 5.32 Å². The first-order valence-electron chi connectivity index (χ1n) is 4.81. The molecule has 0 saturated carbocycles. The summed E-state index contributed by atoms with van der Waals surface area (Å²) < 4.78 is 0. The van der Waals surface area contributed by atoms with Crippen LogP contribution in [0.25, 0.3) is 0 Å².